The Morgan fingerprint density at radius 3 is 3.00 bits per heavy atom. The molecule has 1 fully saturated rings. The molecule has 1 aliphatic heterocycles. The zero-order chi connectivity index (χ0) is 15.8. The molecule has 8 heteroatoms. The fraction of sp³-hybridized carbons (Fsp3) is 0.714. The third-order valence-electron chi connectivity index (χ3n) is 3.57. The summed E-state index contributed by atoms with van der Waals surface area (Å²) in [4.78, 5) is 12.1. The second-order valence-electron chi connectivity index (χ2n) is 5.10. The fourth-order valence-electron chi connectivity index (χ4n) is 2.36. The molecule has 8 nitrogen and oxygen atoms in total. The number of ether oxygens (including phenoxy) is 3. The van der Waals surface area contributed by atoms with Crippen molar-refractivity contribution in [1.29, 1.82) is 0 Å². The standard InChI is InChI=1S/C14H23N3O5/c1-2-21-12-9-11(16-17-12)13(19)15-10-14(22-8-5-18)3-6-20-7-4-14/h9,18H,2-8,10H2,1H3,(H,15,19)(H,16,17). The van der Waals surface area contributed by atoms with E-state index >= 15 is 0 Å². The summed E-state index contributed by atoms with van der Waals surface area (Å²) in [6.07, 6.45) is 1.36. The second-order valence-corrected chi connectivity index (χ2v) is 5.10. The third kappa shape index (κ3) is 4.43. The number of nitrogens with one attached hydrogen (secondary N) is 2. The topological polar surface area (TPSA) is 106 Å². The molecule has 1 amide bonds. The summed E-state index contributed by atoms with van der Waals surface area (Å²) in [7, 11) is 0. The molecule has 1 saturated heterocycles. The summed E-state index contributed by atoms with van der Waals surface area (Å²) < 4.78 is 16.3. The van der Waals surface area contributed by atoms with E-state index in [1.54, 1.807) is 6.07 Å². The number of aromatic nitrogens is 2. The van der Waals surface area contributed by atoms with E-state index in [0.717, 1.165) is 0 Å². The van der Waals surface area contributed by atoms with Crippen molar-refractivity contribution in [3.8, 4) is 5.88 Å². The number of carbonyl (C=O) groups is 1. The van der Waals surface area contributed by atoms with E-state index in [1.165, 1.54) is 0 Å². The zero-order valence-corrected chi connectivity index (χ0v) is 12.8. The van der Waals surface area contributed by atoms with Crippen LogP contribution in [0.25, 0.3) is 0 Å². The van der Waals surface area contributed by atoms with E-state index in [4.69, 9.17) is 19.3 Å². The van der Waals surface area contributed by atoms with Gasteiger partial charge in [-0.05, 0) is 6.92 Å². The number of aliphatic hydroxyl groups excluding tert-OH is 1. The Hall–Kier alpha value is -1.64. The van der Waals surface area contributed by atoms with Crippen LogP contribution in [0.15, 0.2) is 6.07 Å². The van der Waals surface area contributed by atoms with Crippen molar-refractivity contribution in [1.82, 2.24) is 15.5 Å². The largest absolute Gasteiger partial charge is 0.477 e. The van der Waals surface area contributed by atoms with Gasteiger partial charge < -0.3 is 24.6 Å². The Balaban J connectivity index is 1.91. The van der Waals surface area contributed by atoms with E-state index in [1.807, 2.05) is 6.92 Å². The molecular weight excluding hydrogens is 290 g/mol. The van der Waals surface area contributed by atoms with Crippen LogP contribution in [0.1, 0.15) is 30.3 Å². The van der Waals surface area contributed by atoms with Crippen LogP contribution in [-0.2, 0) is 9.47 Å². The SMILES string of the molecule is CCOc1cc(C(=O)NCC2(OCCO)CCOCC2)[nH]n1. The van der Waals surface area contributed by atoms with Gasteiger partial charge in [-0.1, -0.05) is 0 Å². The van der Waals surface area contributed by atoms with Gasteiger partial charge in [-0.15, -0.1) is 5.10 Å². The molecule has 2 rings (SSSR count). The first-order chi connectivity index (χ1) is 10.7. The summed E-state index contributed by atoms with van der Waals surface area (Å²) in [5.41, 5.74) is -0.146. The Morgan fingerprint density at radius 2 is 2.32 bits per heavy atom. The molecule has 1 aromatic rings. The first-order valence-electron chi connectivity index (χ1n) is 7.48. The molecule has 22 heavy (non-hydrogen) atoms. The normalized spacial score (nSPS) is 17.2. The predicted molar refractivity (Wildman–Crippen MR) is 77.9 cm³/mol. The van der Waals surface area contributed by atoms with Crippen LogP contribution in [0.3, 0.4) is 0 Å². The van der Waals surface area contributed by atoms with Crippen molar-refractivity contribution in [2.24, 2.45) is 0 Å². The Labute approximate surface area is 129 Å². The van der Waals surface area contributed by atoms with Gasteiger partial charge in [-0.25, -0.2) is 0 Å². The molecular formula is C14H23N3O5. The molecule has 0 aromatic carbocycles. The number of nitrogens with zero attached hydrogens (tertiary/aromatic N) is 1. The van der Waals surface area contributed by atoms with Gasteiger partial charge in [0.05, 0.1) is 25.4 Å². The third-order valence-corrected chi connectivity index (χ3v) is 3.57. The maximum absolute atomic E-state index is 12.1. The van der Waals surface area contributed by atoms with E-state index in [0.29, 0.717) is 50.8 Å². The average molecular weight is 313 g/mol. The molecule has 0 saturated carbocycles. The van der Waals surface area contributed by atoms with E-state index in [2.05, 4.69) is 15.5 Å². The first-order valence-corrected chi connectivity index (χ1v) is 7.48. The lowest BCUT2D eigenvalue weighted by Crippen LogP contribution is -2.49. The lowest BCUT2D eigenvalue weighted by Gasteiger charge is -2.37. The Morgan fingerprint density at radius 1 is 1.55 bits per heavy atom. The van der Waals surface area contributed by atoms with Gasteiger partial charge in [0, 0.05) is 38.7 Å². The summed E-state index contributed by atoms with van der Waals surface area (Å²) in [5.74, 6) is 0.127. The molecule has 0 atom stereocenters. The number of carbonyl (C=O) groups excluding carboxylic acids is 1. The van der Waals surface area contributed by atoms with Crippen LogP contribution in [-0.4, -0.2) is 66.4 Å². The first kappa shape index (κ1) is 16.7. The van der Waals surface area contributed by atoms with Crippen molar-refractivity contribution in [3.63, 3.8) is 0 Å². The van der Waals surface area contributed by atoms with Crippen LogP contribution in [0.2, 0.25) is 0 Å². The summed E-state index contributed by atoms with van der Waals surface area (Å²) in [6.45, 7) is 4.06. The van der Waals surface area contributed by atoms with Crippen LogP contribution < -0.4 is 10.1 Å². The summed E-state index contributed by atoms with van der Waals surface area (Å²) in [5, 5.41) is 18.3. The van der Waals surface area contributed by atoms with Crippen molar-refractivity contribution in [3.05, 3.63) is 11.8 Å². The number of hydrogen-bond donors (Lipinski definition) is 3. The lowest BCUT2D eigenvalue weighted by molar-refractivity contribution is -0.114. The average Bonchev–Trinajstić information content (AvgIpc) is 3.01. The highest BCUT2D eigenvalue weighted by atomic mass is 16.5. The van der Waals surface area contributed by atoms with E-state index < -0.39 is 5.60 Å². The van der Waals surface area contributed by atoms with Crippen LogP contribution in [0.4, 0.5) is 0 Å². The molecule has 0 radical (unpaired) electrons. The predicted octanol–water partition coefficient (Wildman–Crippen LogP) is 0.0963. The minimum absolute atomic E-state index is 0.0468. The minimum Gasteiger partial charge on any atom is -0.477 e. The summed E-state index contributed by atoms with van der Waals surface area (Å²) in [6, 6.07) is 1.56. The van der Waals surface area contributed by atoms with Gasteiger partial charge in [0.15, 0.2) is 0 Å². The number of aromatic amines is 1. The molecule has 0 bridgehead atoms. The van der Waals surface area contributed by atoms with Gasteiger partial charge in [-0.2, -0.15) is 0 Å². The fourth-order valence-corrected chi connectivity index (χ4v) is 2.36. The highest BCUT2D eigenvalue weighted by Crippen LogP contribution is 2.24. The van der Waals surface area contributed by atoms with Gasteiger partial charge in [-0.3, -0.25) is 9.89 Å². The number of hydrogen-bond acceptors (Lipinski definition) is 6. The van der Waals surface area contributed by atoms with Gasteiger partial charge in [0.1, 0.15) is 5.69 Å². The maximum atomic E-state index is 12.1. The molecule has 3 N–H and O–H groups in total. The van der Waals surface area contributed by atoms with Gasteiger partial charge in [0.2, 0.25) is 5.88 Å². The molecule has 1 aromatic heterocycles. The van der Waals surface area contributed by atoms with Crippen LogP contribution in [0.5, 0.6) is 5.88 Å². The molecule has 0 aliphatic carbocycles. The minimum atomic E-state index is -0.487. The molecule has 2 heterocycles. The van der Waals surface area contributed by atoms with Crippen molar-refractivity contribution < 1.29 is 24.1 Å². The molecule has 0 spiro atoms. The number of aliphatic hydroxyl groups is 1. The Bertz CT molecular complexity index is 471. The van der Waals surface area contributed by atoms with Crippen LogP contribution in [0, 0.1) is 0 Å². The quantitative estimate of drug-likeness (QED) is 0.628. The number of amides is 1. The molecule has 124 valence electrons. The molecule has 0 unspecified atom stereocenters. The zero-order valence-electron chi connectivity index (χ0n) is 12.8. The highest BCUT2D eigenvalue weighted by molar-refractivity contribution is 5.92. The monoisotopic (exact) mass is 313 g/mol. The van der Waals surface area contributed by atoms with Crippen LogP contribution >= 0.6 is 0 Å². The van der Waals surface area contributed by atoms with Crippen molar-refractivity contribution in [2.45, 2.75) is 25.4 Å². The highest BCUT2D eigenvalue weighted by Gasteiger charge is 2.34. The smallest absolute Gasteiger partial charge is 0.269 e. The molecule has 1 aliphatic rings. The van der Waals surface area contributed by atoms with Crippen molar-refractivity contribution in [2.75, 3.05) is 39.6 Å². The summed E-state index contributed by atoms with van der Waals surface area (Å²) >= 11 is 0. The second kappa shape index (κ2) is 8.11. The Kier molecular flexibility index (Phi) is 6.17. The van der Waals surface area contributed by atoms with E-state index in [-0.39, 0.29) is 19.1 Å². The van der Waals surface area contributed by atoms with Gasteiger partial charge in [0.25, 0.3) is 5.91 Å². The van der Waals surface area contributed by atoms with Gasteiger partial charge >= 0.3 is 0 Å². The number of rotatable bonds is 8. The number of H-pyrrole nitrogens is 1. The van der Waals surface area contributed by atoms with Crippen molar-refractivity contribution >= 4 is 5.91 Å². The lowest BCUT2D eigenvalue weighted by atomic mass is 9.94. The maximum Gasteiger partial charge on any atom is 0.269 e. The van der Waals surface area contributed by atoms with E-state index in [9.17, 15) is 4.79 Å².